The first kappa shape index (κ1) is 26.3. The van der Waals surface area contributed by atoms with Gasteiger partial charge in [-0.1, -0.05) is 6.07 Å². The Hall–Kier alpha value is -3.31. The summed E-state index contributed by atoms with van der Waals surface area (Å²) in [5.74, 6) is 0.142. The van der Waals surface area contributed by atoms with E-state index in [4.69, 9.17) is 9.47 Å². The maximum Gasteiger partial charge on any atom is 0.416 e. The predicted octanol–water partition coefficient (Wildman–Crippen LogP) is 3.52. The summed E-state index contributed by atoms with van der Waals surface area (Å²) < 4.78 is 49.3. The van der Waals surface area contributed by atoms with Gasteiger partial charge >= 0.3 is 12.2 Å². The topological polar surface area (TPSA) is 100 Å². The Balaban J connectivity index is 1.62. The minimum atomic E-state index is -4.53. The van der Waals surface area contributed by atoms with Gasteiger partial charge in [-0.2, -0.15) is 13.2 Å². The number of likely N-dealkylation sites (tertiary alicyclic amines) is 1. The molecule has 35 heavy (non-hydrogen) atoms. The number of benzene rings is 2. The molecule has 190 valence electrons. The molecule has 2 unspecified atom stereocenters. The molecule has 0 spiro atoms. The number of halogens is 3. The lowest BCUT2D eigenvalue weighted by Gasteiger charge is -2.27. The highest BCUT2D eigenvalue weighted by molar-refractivity contribution is 5.94. The SMILES string of the molecule is COCCOc1ccc(C(=O)NC2CN(C(=O)Nc3cccc(C(F)(F)F)c3)CCCC2O)cc1. The highest BCUT2D eigenvalue weighted by atomic mass is 19.4. The highest BCUT2D eigenvalue weighted by Crippen LogP contribution is 2.30. The van der Waals surface area contributed by atoms with Crippen LogP contribution in [0.25, 0.3) is 0 Å². The van der Waals surface area contributed by atoms with Gasteiger partial charge in [-0.15, -0.1) is 0 Å². The number of nitrogens with one attached hydrogen (secondary N) is 2. The number of aliphatic hydroxyl groups excluding tert-OH is 1. The molecule has 1 fully saturated rings. The van der Waals surface area contributed by atoms with Gasteiger partial charge in [0.05, 0.1) is 24.3 Å². The van der Waals surface area contributed by atoms with E-state index in [0.29, 0.717) is 37.4 Å². The zero-order valence-corrected chi connectivity index (χ0v) is 19.2. The molecule has 1 aliphatic heterocycles. The number of rotatable bonds is 7. The summed E-state index contributed by atoms with van der Waals surface area (Å²) in [6, 6.07) is 9.42. The molecule has 1 aliphatic rings. The molecular weight excluding hydrogens is 467 g/mol. The van der Waals surface area contributed by atoms with E-state index in [0.717, 1.165) is 12.1 Å². The quantitative estimate of drug-likeness (QED) is 0.511. The van der Waals surface area contributed by atoms with E-state index < -0.39 is 35.8 Å². The fourth-order valence-electron chi connectivity index (χ4n) is 3.64. The number of amides is 3. The number of carbonyl (C=O) groups is 2. The number of alkyl halides is 3. The van der Waals surface area contributed by atoms with Crippen LogP contribution >= 0.6 is 0 Å². The van der Waals surface area contributed by atoms with E-state index in [2.05, 4.69) is 10.6 Å². The van der Waals surface area contributed by atoms with Gasteiger partial charge in [0.25, 0.3) is 5.91 Å². The monoisotopic (exact) mass is 495 g/mol. The zero-order valence-electron chi connectivity index (χ0n) is 19.2. The zero-order chi connectivity index (χ0) is 25.4. The van der Waals surface area contributed by atoms with Crippen molar-refractivity contribution < 1.29 is 37.3 Å². The van der Waals surface area contributed by atoms with Gasteiger partial charge in [-0.25, -0.2) is 4.79 Å². The van der Waals surface area contributed by atoms with Crippen LogP contribution in [0.15, 0.2) is 48.5 Å². The summed E-state index contributed by atoms with van der Waals surface area (Å²) in [4.78, 5) is 26.9. The summed E-state index contributed by atoms with van der Waals surface area (Å²) in [5, 5.41) is 15.7. The molecule has 0 radical (unpaired) electrons. The Bertz CT molecular complexity index is 1000. The Kier molecular flexibility index (Phi) is 8.94. The number of aliphatic hydroxyl groups is 1. The van der Waals surface area contributed by atoms with Crippen molar-refractivity contribution in [3.05, 3.63) is 59.7 Å². The molecule has 0 saturated carbocycles. The van der Waals surface area contributed by atoms with Gasteiger partial charge in [0.15, 0.2) is 0 Å². The maximum atomic E-state index is 13.0. The number of methoxy groups -OCH3 is 1. The van der Waals surface area contributed by atoms with Gasteiger partial charge in [-0.05, 0) is 55.3 Å². The van der Waals surface area contributed by atoms with Gasteiger partial charge in [-0.3, -0.25) is 4.79 Å². The van der Waals surface area contributed by atoms with E-state index in [1.165, 1.54) is 17.0 Å². The largest absolute Gasteiger partial charge is 0.491 e. The van der Waals surface area contributed by atoms with Gasteiger partial charge in [0.1, 0.15) is 12.4 Å². The molecule has 0 bridgehead atoms. The van der Waals surface area contributed by atoms with Crippen molar-refractivity contribution in [2.45, 2.75) is 31.2 Å². The lowest BCUT2D eigenvalue weighted by Crippen LogP contribution is -2.50. The maximum absolute atomic E-state index is 13.0. The number of hydrogen-bond acceptors (Lipinski definition) is 5. The van der Waals surface area contributed by atoms with Crippen molar-refractivity contribution in [1.29, 1.82) is 0 Å². The first-order valence-electron chi connectivity index (χ1n) is 11.1. The van der Waals surface area contributed by atoms with Crippen LogP contribution in [0.4, 0.5) is 23.7 Å². The average Bonchev–Trinajstić information content (AvgIpc) is 3.00. The van der Waals surface area contributed by atoms with E-state index in [-0.39, 0.29) is 18.8 Å². The number of nitrogens with zero attached hydrogens (tertiary/aromatic N) is 1. The summed E-state index contributed by atoms with van der Waals surface area (Å²) in [5.41, 5.74) is -0.523. The molecule has 0 aliphatic carbocycles. The molecule has 3 amide bonds. The Morgan fingerprint density at radius 2 is 1.89 bits per heavy atom. The van der Waals surface area contributed by atoms with Crippen molar-refractivity contribution in [3.8, 4) is 5.75 Å². The molecule has 2 aromatic carbocycles. The minimum absolute atomic E-state index is 0.00279. The van der Waals surface area contributed by atoms with Crippen LogP contribution in [-0.4, -0.2) is 67.5 Å². The van der Waals surface area contributed by atoms with Crippen molar-refractivity contribution in [2.75, 3.05) is 38.7 Å². The van der Waals surface area contributed by atoms with E-state index in [9.17, 15) is 27.9 Å². The molecule has 8 nitrogen and oxygen atoms in total. The fraction of sp³-hybridized carbons (Fsp3) is 0.417. The van der Waals surface area contributed by atoms with Gasteiger partial charge in [0.2, 0.25) is 0 Å². The van der Waals surface area contributed by atoms with Crippen LogP contribution in [0.1, 0.15) is 28.8 Å². The second-order valence-electron chi connectivity index (χ2n) is 8.11. The molecule has 2 aromatic rings. The smallest absolute Gasteiger partial charge is 0.416 e. The molecule has 1 saturated heterocycles. The van der Waals surface area contributed by atoms with Crippen LogP contribution in [0.5, 0.6) is 5.75 Å². The van der Waals surface area contributed by atoms with Crippen LogP contribution in [0.2, 0.25) is 0 Å². The Morgan fingerprint density at radius 1 is 1.14 bits per heavy atom. The number of hydrogen-bond donors (Lipinski definition) is 3. The van der Waals surface area contributed by atoms with Crippen molar-refractivity contribution in [1.82, 2.24) is 10.2 Å². The lowest BCUT2D eigenvalue weighted by molar-refractivity contribution is -0.137. The number of urea groups is 1. The normalized spacial score (nSPS) is 18.5. The summed E-state index contributed by atoms with van der Waals surface area (Å²) in [6.07, 6.45) is -4.60. The summed E-state index contributed by atoms with van der Waals surface area (Å²) in [6.45, 7) is 1.08. The van der Waals surface area contributed by atoms with Crippen LogP contribution in [-0.2, 0) is 10.9 Å². The standard InChI is InChI=1S/C24H28F3N3O5/c1-34-12-13-35-19-9-7-16(8-10-19)22(32)29-20-15-30(11-3-6-21(20)31)23(33)28-18-5-2-4-17(14-18)24(25,26)27/h2,4-5,7-10,14,20-21,31H,3,6,11-13,15H2,1H3,(H,28,33)(H,29,32). The molecular formula is C24H28F3N3O5. The molecule has 11 heteroatoms. The molecule has 2 atom stereocenters. The van der Waals surface area contributed by atoms with E-state index in [1.54, 1.807) is 31.4 Å². The van der Waals surface area contributed by atoms with Crippen molar-refractivity contribution >= 4 is 17.6 Å². The fourth-order valence-corrected chi connectivity index (χ4v) is 3.64. The molecule has 3 rings (SSSR count). The Labute approximate surface area is 201 Å². The first-order chi connectivity index (χ1) is 16.7. The second kappa shape index (κ2) is 11.9. The molecule has 1 heterocycles. The van der Waals surface area contributed by atoms with Gasteiger partial charge in [0, 0.05) is 31.5 Å². The number of ether oxygens (including phenoxy) is 2. The number of carbonyl (C=O) groups excluding carboxylic acids is 2. The van der Waals surface area contributed by atoms with Gasteiger partial charge < -0.3 is 30.1 Å². The second-order valence-corrected chi connectivity index (χ2v) is 8.11. The third-order valence-corrected chi connectivity index (χ3v) is 5.53. The predicted molar refractivity (Wildman–Crippen MR) is 122 cm³/mol. The minimum Gasteiger partial charge on any atom is -0.491 e. The molecule has 3 N–H and O–H groups in total. The van der Waals surface area contributed by atoms with Crippen molar-refractivity contribution in [3.63, 3.8) is 0 Å². The van der Waals surface area contributed by atoms with E-state index in [1.807, 2.05) is 0 Å². The lowest BCUT2D eigenvalue weighted by atomic mass is 10.1. The Morgan fingerprint density at radius 3 is 2.57 bits per heavy atom. The third kappa shape index (κ3) is 7.59. The molecule has 0 aromatic heterocycles. The average molecular weight is 495 g/mol. The van der Waals surface area contributed by atoms with E-state index >= 15 is 0 Å². The van der Waals surface area contributed by atoms with Crippen LogP contribution in [0.3, 0.4) is 0 Å². The highest BCUT2D eigenvalue weighted by Gasteiger charge is 2.32. The summed E-state index contributed by atoms with van der Waals surface area (Å²) >= 11 is 0. The van der Waals surface area contributed by atoms with Crippen LogP contribution < -0.4 is 15.4 Å². The first-order valence-corrected chi connectivity index (χ1v) is 11.1. The summed E-state index contributed by atoms with van der Waals surface area (Å²) in [7, 11) is 1.56. The van der Waals surface area contributed by atoms with Crippen LogP contribution in [0, 0.1) is 0 Å². The number of anilines is 1. The van der Waals surface area contributed by atoms with Crippen molar-refractivity contribution in [2.24, 2.45) is 0 Å². The third-order valence-electron chi connectivity index (χ3n) is 5.53.